The van der Waals surface area contributed by atoms with Crippen LogP contribution >= 0.6 is 35.7 Å². The van der Waals surface area contributed by atoms with Crippen LogP contribution in [0.2, 0.25) is 0 Å². The average molecular weight is 504 g/mol. The summed E-state index contributed by atoms with van der Waals surface area (Å²) in [7, 11) is 0. The van der Waals surface area contributed by atoms with Crippen molar-refractivity contribution < 1.29 is 9.47 Å². The predicted octanol–water partition coefficient (Wildman–Crippen LogP) is 2.24. The Morgan fingerprint density at radius 3 is 2.89 bits per heavy atom. The van der Waals surface area contributed by atoms with Crippen molar-refractivity contribution in [1.82, 2.24) is 10.2 Å². The van der Waals surface area contributed by atoms with Crippen molar-refractivity contribution in [2.75, 3.05) is 51.0 Å². The van der Waals surface area contributed by atoms with Gasteiger partial charge >= 0.3 is 0 Å². The van der Waals surface area contributed by atoms with Crippen LogP contribution < -0.4 is 15.8 Å². The molecule has 3 aliphatic heterocycles. The molecule has 6 nitrogen and oxygen atoms in total. The highest BCUT2D eigenvalue weighted by Crippen LogP contribution is 2.35. The van der Waals surface area contributed by atoms with E-state index >= 15 is 0 Å². The molecule has 0 spiro atoms. The quantitative estimate of drug-likeness (QED) is 0.373. The number of aliphatic imine (C=N–C) groups is 1. The number of nitrogens with zero attached hydrogens (tertiary/aromatic N) is 2. The van der Waals surface area contributed by atoms with Crippen molar-refractivity contribution in [1.29, 1.82) is 0 Å². The maximum Gasteiger partial charge on any atom is 0.189 e. The van der Waals surface area contributed by atoms with Gasteiger partial charge in [0.25, 0.3) is 0 Å². The van der Waals surface area contributed by atoms with E-state index in [1.54, 1.807) is 0 Å². The van der Waals surface area contributed by atoms with Crippen LogP contribution in [0.5, 0.6) is 5.75 Å². The number of thioether (sulfide) groups is 1. The van der Waals surface area contributed by atoms with Gasteiger partial charge in [-0.15, -0.1) is 24.0 Å². The van der Waals surface area contributed by atoms with Crippen molar-refractivity contribution in [3.05, 3.63) is 29.8 Å². The molecule has 150 valence electrons. The third-order valence-corrected chi connectivity index (χ3v) is 6.82. The zero-order chi connectivity index (χ0) is 17.8. The van der Waals surface area contributed by atoms with Crippen molar-refractivity contribution in [2.24, 2.45) is 10.7 Å². The first-order chi connectivity index (χ1) is 12.8. The number of benzene rings is 1. The van der Waals surface area contributed by atoms with E-state index in [1.165, 1.54) is 12.2 Å². The van der Waals surface area contributed by atoms with Gasteiger partial charge in [-0.25, -0.2) is 0 Å². The summed E-state index contributed by atoms with van der Waals surface area (Å²) >= 11 is 2.02. The number of nitrogens with one attached hydrogen (secondary N) is 1. The Morgan fingerprint density at radius 1 is 1.30 bits per heavy atom. The molecule has 0 saturated carbocycles. The Kier molecular flexibility index (Phi) is 7.52. The smallest absolute Gasteiger partial charge is 0.189 e. The van der Waals surface area contributed by atoms with Crippen LogP contribution in [0.15, 0.2) is 29.3 Å². The number of hydrogen-bond donors (Lipinski definition) is 2. The summed E-state index contributed by atoms with van der Waals surface area (Å²) < 4.78 is 11.3. The number of morpholine rings is 1. The molecule has 27 heavy (non-hydrogen) atoms. The minimum absolute atomic E-state index is 0. The lowest BCUT2D eigenvalue weighted by Crippen LogP contribution is -2.56. The number of nitrogens with two attached hydrogens (primary N) is 1. The van der Waals surface area contributed by atoms with E-state index in [0.717, 1.165) is 56.3 Å². The first-order valence-corrected chi connectivity index (χ1v) is 10.6. The molecule has 2 unspecified atom stereocenters. The summed E-state index contributed by atoms with van der Waals surface area (Å²) in [6.07, 6.45) is 2.08. The molecule has 0 amide bonds. The zero-order valence-electron chi connectivity index (χ0n) is 15.6. The van der Waals surface area contributed by atoms with E-state index in [1.807, 2.05) is 30.0 Å². The number of guanidine groups is 1. The highest BCUT2D eigenvalue weighted by atomic mass is 127. The van der Waals surface area contributed by atoms with Gasteiger partial charge < -0.3 is 20.5 Å². The van der Waals surface area contributed by atoms with Crippen molar-refractivity contribution >= 4 is 41.7 Å². The largest absolute Gasteiger partial charge is 0.493 e. The fourth-order valence-corrected chi connectivity index (χ4v) is 5.52. The Hall–Kier alpha value is -0.710. The second-order valence-electron chi connectivity index (χ2n) is 7.20. The van der Waals surface area contributed by atoms with E-state index < -0.39 is 0 Å². The van der Waals surface area contributed by atoms with Crippen LogP contribution in [0, 0.1) is 0 Å². The Labute approximate surface area is 182 Å². The number of para-hydroxylation sites is 1. The van der Waals surface area contributed by atoms with Crippen molar-refractivity contribution in [2.45, 2.75) is 24.4 Å². The monoisotopic (exact) mass is 504 g/mol. The predicted molar refractivity (Wildman–Crippen MR) is 121 cm³/mol. The van der Waals surface area contributed by atoms with Gasteiger partial charge in [0.1, 0.15) is 5.75 Å². The van der Waals surface area contributed by atoms with Gasteiger partial charge in [0, 0.05) is 30.8 Å². The SMILES string of the molecule is I.NC(=NCC1(N2CCOCC2)CCSC1)NC1CCOc2ccccc21. The van der Waals surface area contributed by atoms with Gasteiger partial charge in [-0.3, -0.25) is 9.89 Å². The van der Waals surface area contributed by atoms with Gasteiger partial charge in [0.2, 0.25) is 0 Å². The fraction of sp³-hybridized carbons (Fsp3) is 0.632. The first kappa shape index (κ1) is 21.0. The maximum absolute atomic E-state index is 6.28. The third kappa shape index (κ3) is 4.83. The zero-order valence-corrected chi connectivity index (χ0v) is 18.7. The highest BCUT2D eigenvalue weighted by Gasteiger charge is 2.40. The molecular formula is C19H29IN4O2S. The summed E-state index contributed by atoms with van der Waals surface area (Å²) in [5.41, 5.74) is 7.57. The molecule has 3 aliphatic rings. The van der Waals surface area contributed by atoms with Gasteiger partial charge in [-0.2, -0.15) is 11.8 Å². The van der Waals surface area contributed by atoms with E-state index in [0.29, 0.717) is 12.6 Å². The summed E-state index contributed by atoms with van der Waals surface area (Å²) in [5, 5.41) is 3.42. The van der Waals surface area contributed by atoms with Gasteiger partial charge in [-0.1, -0.05) is 18.2 Å². The van der Waals surface area contributed by atoms with Crippen LogP contribution in [0.1, 0.15) is 24.4 Å². The Bertz CT molecular complexity index is 648. The number of halogens is 1. The molecule has 0 aromatic heterocycles. The van der Waals surface area contributed by atoms with Crippen LogP contribution in [-0.4, -0.2) is 67.4 Å². The summed E-state index contributed by atoms with van der Waals surface area (Å²) in [5.74, 6) is 3.81. The van der Waals surface area contributed by atoms with E-state index in [-0.39, 0.29) is 35.6 Å². The maximum atomic E-state index is 6.28. The fourth-order valence-electron chi connectivity index (χ4n) is 4.06. The molecule has 3 heterocycles. The molecule has 3 N–H and O–H groups in total. The standard InChI is InChI=1S/C19H28N4O2S.HI/c20-18(22-16-5-9-25-17-4-2-1-3-15(16)17)21-13-19(6-12-26-14-19)23-7-10-24-11-8-23;/h1-4,16H,5-14H2,(H3,20,21,22);1H. The van der Waals surface area contributed by atoms with Crippen molar-refractivity contribution in [3.8, 4) is 5.75 Å². The average Bonchev–Trinajstić information content (AvgIpc) is 3.18. The van der Waals surface area contributed by atoms with E-state index in [2.05, 4.69) is 16.3 Å². The molecule has 2 fully saturated rings. The molecule has 4 rings (SSSR count). The van der Waals surface area contributed by atoms with Gasteiger partial charge in [-0.05, 0) is 18.2 Å². The molecule has 2 saturated heterocycles. The number of hydrogen-bond acceptors (Lipinski definition) is 5. The van der Waals surface area contributed by atoms with Crippen LogP contribution in [0.3, 0.4) is 0 Å². The lowest BCUT2D eigenvalue weighted by molar-refractivity contribution is -0.0104. The second-order valence-corrected chi connectivity index (χ2v) is 8.30. The number of rotatable bonds is 4. The third-order valence-electron chi connectivity index (χ3n) is 5.59. The summed E-state index contributed by atoms with van der Waals surface area (Å²) in [4.78, 5) is 7.33. The highest BCUT2D eigenvalue weighted by molar-refractivity contribution is 14.0. The van der Waals surface area contributed by atoms with E-state index in [4.69, 9.17) is 20.2 Å². The second kappa shape index (κ2) is 9.67. The molecule has 2 atom stereocenters. The minimum atomic E-state index is 0. The lowest BCUT2D eigenvalue weighted by Gasteiger charge is -2.42. The number of fused-ring (bicyclic) bond motifs is 1. The molecule has 0 bridgehead atoms. The van der Waals surface area contributed by atoms with Crippen LogP contribution in [-0.2, 0) is 4.74 Å². The Morgan fingerprint density at radius 2 is 2.11 bits per heavy atom. The topological polar surface area (TPSA) is 72.1 Å². The first-order valence-electron chi connectivity index (χ1n) is 9.46. The normalized spacial score (nSPS) is 28.7. The lowest BCUT2D eigenvalue weighted by atomic mass is 9.96. The Balaban J connectivity index is 0.00000210. The molecule has 1 aromatic rings. The van der Waals surface area contributed by atoms with Gasteiger partial charge in [0.05, 0.1) is 37.9 Å². The molecule has 8 heteroatoms. The van der Waals surface area contributed by atoms with Crippen LogP contribution in [0.4, 0.5) is 0 Å². The molecular weight excluding hydrogens is 475 g/mol. The summed E-state index contributed by atoms with van der Waals surface area (Å²) in [6.45, 7) is 5.10. The molecule has 1 aromatic carbocycles. The number of ether oxygens (including phenoxy) is 2. The molecule has 0 radical (unpaired) electrons. The van der Waals surface area contributed by atoms with E-state index in [9.17, 15) is 0 Å². The van der Waals surface area contributed by atoms with Crippen molar-refractivity contribution in [3.63, 3.8) is 0 Å². The minimum Gasteiger partial charge on any atom is -0.493 e. The summed E-state index contributed by atoms with van der Waals surface area (Å²) in [6, 6.07) is 8.32. The molecule has 0 aliphatic carbocycles. The van der Waals surface area contributed by atoms with Gasteiger partial charge in [0.15, 0.2) is 5.96 Å². The van der Waals surface area contributed by atoms with Crippen LogP contribution in [0.25, 0.3) is 0 Å².